The van der Waals surface area contributed by atoms with Crippen molar-refractivity contribution in [2.45, 2.75) is 13.1 Å². The van der Waals surface area contributed by atoms with Gasteiger partial charge in [-0.15, -0.1) is 0 Å². The second-order valence-corrected chi connectivity index (χ2v) is 3.18. The maximum atomic E-state index is 12.5. The standard InChI is InChI=1S/C9H6F3N3O/c1-5-7(9(10,11)12)14-6-3-2-4-13-15(6)8(5)16/h2-4H,1H3. The molecular weight excluding hydrogens is 223 g/mol. The number of hydrogen-bond donors (Lipinski definition) is 0. The maximum absolute atomic E-state index is 12.5. The van der Waals surface area contributed by atoms with E-state index in [1.165, 1.54) is 18.3 Å². The van der Waals surface area contributed by atoms with Crippen LogP contribution in [0.4, 0.5) is 13.2 Å². The first-order valence-corrected chi connectivity index (χ1v) is 4.33. The van der Waals surface area contributed by atoms with Gasteiger partial charge in [-0.05, 0) is 19.1 Å². The maximum Gasteiger partial charge on any atom is 0.433 e. The third-order valence-electron chi connectivity index (χ3n) is 2.09. The quantitative estimate of drug-likeness (QED) is 0.686. The normalized spacial score (nSPS) is 12.0. The highest BCUT2D eigenvalue weighted by molar-refractivity contribution is 5.39. The molecule has 0 saturated carbocycles. The van der Waals surface area contributed by atoms with Gasteiger partial charge in [0, 0.05) is 11.8 Å². The molecule has 0 radical (unpaired) electrons. The van der Waals surface area contributed by atoms with Gasteiger partial charge < -0.3 is 0 Å². The van der Waals surface area contributed by atoms with Crippen LogP contribution in [-0.4, -0.2) is 14.6 Å². The van der Waals surface area contributed by atoms with Gasteiger partial charge in [0.05, 0.1) is 0 Å². The number of nitrogens with zero attached hydrogens (tertiary/aromatic N) is 3. The lowest BCUT2D eigenvalue weighted by atomic mass is 10.2. The summed E-state index contributed by atoms with van der Waals surface area (Å²) in [6.07, 6.45) is -3.32. The zero-order valence-corrected chi connectivity index (χ0v) is 8.12. The lowest BCUT2D eigenvalue weighted by Gasteiger charge is -2.09. The number of halogens is 3. The Bertz CT molecular complexity index is 603. The third kappa shape index (κ3) is 1.54. The zero-order chi connectivity index (χ0) is 11.9. The van der Waals surface area contributed by atoms with Crippen molar-refractivity contribution in [3.05, 3.63) is 39.9 Å². The fourth-order valence-corrected chi connectivity index (χ4v) is 1.34. The lowest BCUT2D eigenvalue weighted by molar-refractivity contribution is -0.141. The first-order chi connectivity index (χ1) is 7.41. The minimum atomic E-state index is -4.63. The van der Waals surface area contributed by atoms with Gasteiger partial charge in [-0.25, -0.2) is 4.98 Å². The van der Waals surface area contributed by atoms with Gasteiger partial charge in [-0.3, -0.25) is 4.79 Å². The van der Waals surface area contributed by atoms with Gasteiger partial charge in [0.1, 0.15) is 0 Å². The number of rotatable bonds is 0. The van der Waals surface area contributed by atoms with E-state index in [0.717, 1.165) is 11.4 Å². The molecule has 7 heteroatoms. The second kappa shape index (κ2) is 3.29. The predicted molar refractivity (Wildman–Crippen MR) is 49.0 cm³/mol. The van der Waals surface area contributed by atoms with Crippen LogP contribution in [0.2, 0.25) is 0 Å². The van der Waals surface area contributed by atoms with E-state index >= 15 is 0 Å². The van der Waals surface area contributed by atoms with Crippen molar-refractivity contribution in [1.29, 1.82) is 0 Å². The van der Waals surface area contributed by atoms with E-state index in [1.807, 2.05) is 0 Å². The number of aromatic nitrogens is 3. The second-order valence-electron chi connectivity index (χ2n) is 3.18. The van der Waals surface area contributed by atoms with E-state index in [2.05, 4.69) is 10.1 Å². The molecule has 0 aliphatic heterocycles. The summed E-state index contributed by atoms with van der Waals surface area (Å²) in [6, 6.07) is 2.71. The molecule has 0 unspecified atom stereocenters. The summed E-state index contributed by atoms with van der Waals surface area (Å²) in [5.41, 5.74) is -2.54. The van der Waals surface area contributed by atoms with Gasteiger partial charge in [-0.2, -0.15) is 22.8 Å². The molecule has 0 bridgehead atoms. The molecule has 0 N–H and O–H groups in total. The van der Waals surface area contributed by atoms with Gasteiger partial charge in [0.15, 0.2) is 11.3 Å². The number of alkyl halides is 3. The molecule has 2 aromatic heterocycles. The smallest absolute Gasteiger partial charge is 0.267 e. The Hall–Kier alpha value is -1.92. The van der Waals surface area contributed by atoms with Crippen LogP contribution in [0.1, 0.15) is 11.3 Å². The summed E-state index contributed by atoms with van der Waals surface area (Å²) in [5.74, 6) is 0. The van der Waals surface area contributed by atoms with Gasteiger partial charge in [0.2, 0.25) is 0 Å². The molecule has 0 fully saturated rings. The van der Waals surface area contributed by atoms with Crippen molar-refractivity contribution in [3.8, 4) is 0 Å². The van der Waals surface area contributed by atoms with E-state index in [-0.39, 0.29) is 5.65 Å². The zero-order valence-electron chi connectivity index (χ0n) is 8.12. The Kier molecular flexibility index (Phi) is 2.18. The molecule has 0 atom stereocenters. The van der Waals surface area contributed by atoms with Gasteiger partial charge in [-0.1, -0.05) is 0 Å². The van der Waals surface area contributed by atoms with Gasteiger partial charge in [0.25, 0.3) is 5.56 Å². The predicted octanol–water partition coefficient (Wildman–Crippen LogP) is 1.42. The Morgan fingerprint density at radius 3 is 2.69 bits per heavy atom. The molecule has 0 spiro atoms. The Balaban J connectivity index is 2.90. The van der Waals surface area contributed by atoms with Crippen LogP contribution < -0.4 is 5.56 Å². The third-order valence-corrected chi connectivity index (χ3v) is 2.09. The van der Waals surface area contributed by atoms with Crippen LogP contribution in [0.3, 0.4) is 0 Å². The SMILES string of the molecule is Cc1c(C(F)(F)F)nc2cccnn2c1=O. The molecule has 84 valence electrons. The molecule has 0 saturated heterocycles. The average Bonchev–Trinajstić information content (AvgIpc) is 2.22. The average molecular weight is 229 g/mol. The first-order valence-electron chi connectivity index (χ1n) is 4.33. The van der Waals surface area contributed by atoms with Crippen molar-refractivity contribution >= 4 is 5.65 Å². The van der Waals surface area contributed by atoms with Crippen molar-refractivity contribution < 1.29 is 13.2 Å². The molecule has 2 aromatic rings. The molecular formula is C9H6F3N3O. The Morgan fingerprint density at radius 1 is 1.38 bits per heavy atom. The molecule has 0 amide bonds. The van der Waals surface area contributed by atoms with Gasteiger partial charge >= 0.3 is 6.18 Å². The molecule has 0 aromatic carbocycles. The van der Waals surface area contributed by atoms with E-state index in [1.54, 1.807) is 0 Å². The molecule has 16 heavy (non-hydrogen) atoms. The number of fused-ring (bicyclic) bond motifs is 1. The molecule has 0 aliphatic rings. The van der Waals surface area contributed by atoms with Crippen LogP contribution in [-0.2, 0) is 6.18 Å². The summed E-state index contributed by atoms with van der Waals surface area (Å²) in [6.45, 7) is 1.08. The highest BCUT2D eigenvalue weighted by Gasteiger charge is 2.36. The van der Waals surface area contributed by atoms with Crippen LogP contribution in [0.25, 0.3) is 5.65 Å². The van der Waals surface area contributed by atoms with E-state index < -0.39 is 23.0 Å². The fraction of sp³-hybridized carbons (Fsp3) is 0.222. The van der Waals surface area contributed by atoms with E-state index in [4.69, 9.17) is 0 Å². The largest absolute Gasteiger partial charge is 0.433 e. The molecule has 2 rings (SSSR count). The molecule has 0 aliphatic carbocycles. The minimum absolute atomic E-state index is 0.120. The van der Waals surface area contributed by atoms with Crippen LogP contribution >= 0.6 is 0 Å². The van der Waals surface area contributed by atoms with Crippen LogP contribution in [0, 0.1) is 6.92 Å². The molecule has 4 nitrogen and oxygen atoms in total. The summed E-state index contributed by atoms with van der Waals surface area (Å²) < 4.78 is 38.4. The monoisotopic (exact) mass is 229 g/mol. The fourth-order valence-electron chi connectivity index (χ4n) is 1.34. The summed E-state index contributed by atoms with van der Waals surface area (Å²) >= 11 is 0. The van der Waals surface area contributed by atoms with Crippen molar-refractivity contribution in [1.82, 2.24) is 14.6 Å². The Morgan fingerprint density at radius 2 is 2.06 bits per heavy atom. The highest BCUT2D eigenvalue weighted by Crippen LogP contribution is 2.28. The Labute approximate surface area is 87.4 Å². The lowest BCUT2D eigenvalue weighted by Crippen LogP contribution is -2.25. The first kappa shape index (κ1) is 10.6. The topological polar surface area (TPSA) is 47.3 Å². The summed E-state index contributed by atoms with van der Waals surface area (Å²) in [4.78, 5) is 14.9. The van der Waals surface area contributed by atoms with Crippen molar-refractivity contribution in [2.75, 3.05) is 0 Å². The molecule has 2 heterocycles. The summed E-state index contributed by atoms with van der Waals surface area (Å²) in [5, 5.41) is 3.64. The van der Waals surface area contributed by atoms with Crippen molar-refractivity contribution in [2.24, 2.45) is 0 Å². The van der Waals surface area contributed by atoms with E-state index in [9.17, 15) is 18.0 Å². The highest BCUT2D eigenvalue weighted by atomic mass is 19.4. The van der Waals surface area contributed by atoms with Crippen LogP contribution in [0.5, 0.6) is 0 Å². The van der Waals surface area contributed by atoms with Crippen molar-refractivity contribution in [3.63, 3.8) is 0 Å². The van der Waals surface area contributed by atoms with Crippen LogP contribution in [0.15, 0.2) is 23.1 Å². The minimum Gasteiger partial charge on any atom is -0.267 e. The number of hydrogen-bond acceptors (Lipinski definition) is 3. The summed E-state index contributed by atoms with van der Waals surface area (Å²) in [7, 11) is 0. The van der Waals surface area contributed by atoms with E-state index in [0.29, 0.717) is 0 Å².